The summed E-state index contributed by atoms with van der Waals surface area (Å²) >= 11 is 0. The summed E-state index contributed by atoms with van der Waals surface area (Å²) in [7, 11) is -0.0341. The van der Waals surface area contributed by atoms with Crippen molar-refractivity contribution in [3.05, 3.63) is 23.3 Å². The molecule has 0 rings (SSSR count). The minimum absolute atomic E-state index is 0.0160. The van der Waals surface area contributed by atoms with Crippen LogP contribution in [-0.4, -0.2) is 53.4 Å². The maximum absolute atomic E-state index is 11.9. The third kappa shape index (κ3) is 9.70. The molecule has 6 nitrogen and oxygen atoms in total. The number of allylic oxidation sites excluding steroid dienone is 2. The Kier molecular flexibility index (Phi) is 9.24. The van der Waals surface area contributed by atoms with Crippen molar-refractivity contribution in [2.75, 3.05) is 32.8 Å². The third-order valence-corrected chi connectivity index (χ3v) is 3.84. The molecule has 0 aromatic carbocycles. The number of carbonyl (C=O) groups excluding carboxylic acids is 1. The maximum Gasteiger partial charge on any atom is 0.226 e. The molecule has 22 heavy (non-hydrogen) atoms. The predicted octanol–water partition coefficient (Wildman–Crippen LogP) is 1.29. The van der Waals surface area contributed by atoms with Crippen molar-refractivity contribution in [2.45, 2.75) is 27.1 Å². The first-order chi connectivity index (χ1) is 10.1. The highest BCUT2D eigenvalue weighted by Gasteiger charge is 2.13. The highest BCUT2D eigenvalue weighted by atomic mass is 32.2. The molecule has 0 saturated carbocycles. The topological polar surface area (TPSA) is 81.7 Å². The average molecular weight is 333 g/mol. The Morgan fingerprint density at radius 3 is 2.23 bits per heavy atom. The fourth-order valence-corrected chi connectivity index (χ4v) is 2.88. The van der Waals surface area contributed by atoms with Gasteiger partial charge in [0.1, 0.15) is 0 Å². The van der Waals surface area contributed by atoms with Crippen LogP contribution in [0.25, 0.3) is 0 Å². The Morgan fingerprint density at radius 1 is 1.23 bits per heavy atom. The fourth-order valence-electron chi connectivity index (χ4n) is 1.97. The average Bonchev–Trinajstić information content (AvgIpc) is 2.36. The zero-order chi connectivity index (χ0) is 17.3. The van der Waals surface area contributed by atoms with Gasteiger partial charge in [-0.25, -0.2) is 8.42 Å². The van der Waals surface area contributed by atoms with Crippen molar-refractivity contribution in [3.8, 4) is 0 Å². The molecule has 0 radical (unpaired) electrons. The van der Waals surface area contributed by atoms with Crippen LogP contribution in [0.5, 0.6) is 0 Å². The summed E-state index contributed by atoms with van der Waals surface area (Å²) in [6.07, 6.45) is 4.29. The first-order valence-corrected chi connectivity index (χ1v) is 9.01. The number of amides is 1. The van der Waals surface area contributed by atoms with Crippen molar-refractivity contribution in [2.24, 2.45) is 5.92 Å². The quantitative estimate of drug-likeness (QED) is 0.508. The van der Waals surface area contributed by atoms with Crippen molar-refractivity contribution in [3.63, 3.8) is 0 Å². The van der Waals surface area contributed by atoms with Crippen LogP contribution in [0.1, 0.15) is 20.8 Å². The van der Waals surface area contributed by atoms with Crippen LogP contribution < -0.4 is 5.32 Å². The van der Waals surface area contributed by atoms with Crippen LogP contribution in [0.4, 0.5) is 0 Å². The Morgan fingerprint density at radius 2 is 1.77 bits per heavy atom. The summed E-state index contributed by atoms with van der Waals surface area (Å²) in [4.78, 5) is 11.9. The van der Waals surface area contributed by atoms with Gasteiger partial charge in [0.2, 0.25) is 5.91 Å². The van der Waals surface area contributed by atoms with E-state index in [4.69, 9.17) is 9.47 Å². The van der Waals surface area contributed by atoms with Crippen LogP contribution in [0.2, 0.25) is 0 Å². The first kappa shape index (κ1) is 20.8. The van der Waals surface area contributed by atoms with Gasteiger partial charge in [0, 0.05) is 20.5 Å². The Bertz CT molecular complexity index is 518. The smallest absolute Gasteiger partial charge is 0.226 e. The number of carbonyl (C=O) groups is 1. The van der Waals surface area contributed by atoms with E-state index in [1.807, 2.05) is 6.92 Å². The molecule has 7 heteroatoms. The van der Waals surface area contributed by atoms with Gasteiger partial charge in [0.05, 0.1) is 18.2 Å². The minimum atomic E-state index is -3.04. The SMILES string of the molecule is COC(CNC(=O)C(C)/C=C(C)/C=C(\C)CS(C)(=O)=O)OC. The molecule has 1 unspecified atom stereocenters. The van der Waals surface area contributed by atoms with Gasteiger partial charge < -0.3 is 14.8 Å². The van der Waals surface area contributed by atoms with Gasteiger partial charge in [-0.15, -0.1) is 0 Å². The highest BCUT2D eigenvalue weighted by molar-refractivity contribution is 7.90. The van der Waals surface area contributed by atoms with E-state index in [0.717, 1.165) is 11.1 Å². The minimum Gasteiger partial charge on any atom is -0.354 e. The molecule has 0 aliphatic rings. The molecule has 0 saturated heterocycles. The molecule has 0 fully saturated rings. The number of methoxy groups -OCH3 is 2. The second-order valence-corrected chi connectivity index (χ2v) is 7.55. The molecular formula is C15H27NO5S. The van der Waals surface area contributed by atoms with Crippen molar-refractivity contribution >= 4 is 15.7 Å². The van der Waals surface area contributed by atoms with Gasteiger partial charge in [0.15, 0.2) is 16.1 Å². The number of ether oxygens (including phenoxy) is 2. The second-order valence-electron chi connectivity index (χ2n) is 5.41. The lowest BCUT2D eigenvalue weighted by Gasteiger charge is -2.15. The van der Waals surface area contributed by atoms with E-state index in [1.165, 1.54) is 20.5 Å². The molecule has 1 atom stereocenters. The van der Waals surface area contributed by atoms with Crippen LogP contribution in [0.3, 0.4) is 0 Å². The van der Waals surface area contributed by atoms with Crippen LogP contribution >= 0.6 is 0 Å². The van der Waals surface area contributed by atoms with Gasteiger partial charge in [-0.2, -0.15) is 0 Å². The van der Waals surface area contributed by atoms with Gasteiger partial charge in [-0.1, -0.05) is 30.2 Å². The van der Waals surface area contributed by atoms with E-state index in [2.05, 4.69) is 5.32 Å². The van der Waals surface area contributed by atoms with Gasteiger partial charge in [0.25, 0.3) is 0 Å². The maximum atomic E-state index is 11.9. The lowest BCUT2D eigenvalue weighted by molar-refractivity contribution is -0.129. The highest BCUT2D eigenvalue weighted by Crippen LogP contribution is 2.08. The molecule has 0 bridgehead atoms. The van der Waals surface area contributed by atoms with Crippen LogP contribution in [0.15, 0.2) is 23.3 Å². The zero-order valence-electron chi connectivity index (χ0n) is 14.2. The molecule has 0 aromatic rings. The lowest BCUT2D eigenvalue weighted by Crippen LogP contribution is -2.36. The number of hydrogen-bond donors (Lipinski definition) is 1. The second kappa shape index (κ2) is 9.76. The summed E-state index contributed by atoms with van der Waals surface area (Å²) in [6, 6.07) is 0. The summed E-state index contributed by atoms with van der Waals surface area (Å²) in [5.41, 5.74) is 1.58. The molecular weight excluding hydrogens is 306 g/mol. The Balaban J connectivity index is 4.62. The molecule has 0 aromatic heterocycles. The van der Waals surface area contributed by atoms with Crippen LogP contribution in [0, 0.1) is 5.92 Å². The number of nitrogens with one attached hydrogen (secondary N) is 1. The molecule has 128 valence electrons. The number of hydrogen-bond acceptors (Lipinski definition) is 5. The monoisotopic (exact) mass is 333 g/mol. The number of sulfone groups is 1. The Hall–Kier alpha value is -1.18. The summed E-state index contributed by atoms with van der Waals surface area (Å²) in [5.74, 6) is -0.466. The molecule has 0 heterocycles. The van der Waals surface area contributed by atoms with E-state index in [0.29, 0.717) is 0 Å². The Labute approximate surface area is 133 Å². The molecule has 1 amide bonds. The fraction of sp³-hybridized carbons (Fsp3) is 0.667. The van der Waals surface area contributed by atoms with Gasteiger partial charge in [-0.3, -0.25) is 4.79 Å². The first-order valence-electron chi connectivity index (χ1n) is 6.95. The number of rotatable bonds is 9. The molecule has 0 aliphatic carbocycles. The summed E-state index contributed by atoms with van der Waals surface area (Å²) in [6.45, 7) is 5.63. The predicted molar refractivity (Wildman–Crippen MR) is 87.2 cm³/mol. The van der Waals surface area contributed by atoms with E-state index < -0.39 is 16.1 Å². The van der Waals surface area contributed by atoms with Crippen molar-refractivity contribution in [1.82, 2.24) is 5.32 Å². The lowest BCUT2D eigenvalue weighted by atomic mass is 10.1. The molecule has 0 spiro atoms. The standard InChI is InChI=1S/C15H27NO5S/c1-11(7-12(2)10-22(6,18)19)8-13(3)15(17)16-9-14(20-4)21-5/h7-8,13-14H,9-10H2,1-6H3,(H,16,17)/b11-8+,12-7+. The van der Waals surface area contributed by atoms with Crippen molar-refractivity contribution in [1.29, 1.82) is 0 Å². The normalized spacial score (nSPS) is 15.0. The van der Waals surface area contributed by atoms with E-state index >= 15 is 0 Å². The third-order valence-electron chi connectivity index (χ3n) is 2.86. The van der Waals surface area contributed by atoms with Crippen molar-refractivity contribution < 1.29 is 22.7 Å². The van der Waals surface area contributed by atoms with Crippen LogP contribution in [-0.2, 0) is 24.1 Å². The largest absolute Gasteiger partial charge is 0.354 e. The van der Waals surface area contributed by atoms with E-state index in [9.17, 15) is 13.2 Å². The zero-order valence-corrected chi connectivity index (χ0v) is 15.0. The summed E-state index contributed by atoms with van der Waals surface area (Å²) < 4.78 is 32.4. The van der Waals surface area contributed by atoms with E-state index in [-0.39, 0.29) is 24.1 Å². The summed E-state index contributed by atoms with van der Waals surface area (Å²) in [5, 5.41) is 2.73. The van der Waals surface area contributed by atoms with Gasteiger partial charge in [-0.05, 0) is 13.8 Å². The van der Waals surface area contributed by atoms with E-state index in [1.54, 1.807) is 26.0 Å². The van der Waals surface area contributed by atoms with Gasteiger partial charge >= 0.3 is 0 Å². The molecule has 0 aliphatic heterocycles. The molecule has 1 N–H and O–H groups in total.